The van der Waals surface area contributed by atoms with E-state index in [0.717, 1.165) is 36.3 Å². The number of hydrogen-bond acceptors (Lipinski definition) is 5. The summed E-state index contributed by atoms with van der Waals surface area (Å²) in [5.74, 6) is 1.24. The van der Waals surface area contributed by atoms with Crippen LogP contribution in [0.25, 0.3) is 0 Å². The maximum Gasteiger partial charge on any atom is 0.249 e. The number of piperidine rings is 3. The van der Waals surface area contributed by atoms with E-state index in [1.165, 1.54) is 38.8 Å². The van der Waals surface area contributed by atoms with E-state index in [0.29, 0.717) is 17.9 Å². The van der Waals surface area contributed by atoms with Crippen LogP contribution in [0.1, 0.15) is 38.5 Å². The van der Waals surface area contributed by atoms with Crippen molar-refractivity contribution in [1.29, 1.82) is 0 Å². The number of nitrogens with one attached hydrogen (secondary N) is 3. The lowest BCUT2D eigenvalue weighted by molar-refractivity contribution is -0.133. The highest BCUT2D eigenvalue weighted by atomic mass is 35.5. The third kappa shape index (κ3) is 4.44. The van der Waals surface area contributed by atoms with Crippen LogP contribution in [0.5, 0.6) is 0 Å². The predicted octanol–water partition coefficient (Wildman–Crippen LogP) is 2.77. The van der Waals surface area contributed by atoms with E-state index in [1.807, 2.05) is 18.2 Å². The highest BCUT2D eigenvalue weighted by molar-refractivity contribution is 6.33. The van der Waals surface area contributed by atoms with E-state index in [-0.39, 0.29) is 17.9 Å². The minimum absolute atomic E-state index is 0.204. The van der Waals surface area contributed by atoms with Crippen molar-refractivity contribution in [3.8, 4) is 0 Å². The van der Waals surface area contributed by atoms with Gasteiger partial charge in [-0.2, -0.15) is 0 Å². The topological polar surface area (TPSA) is 73.5 Å². The average molecular weight is 405 g/mol. The molecule has 1 atom stereocenters. The maximum atomic E-state index is 11.9. The summed E-state index contributed by atoms with van der Waals surface area (Å²) < 4.78 is 0. The molecule has 3 fully saturated rings. The van der Waals surface area contributed by atoms with Gasteiger partial charge in [0.1, 0.15) is 6.04 Å². The highest BCUT2D eigenvalue weighted by Gasteiger charge is 2.29. The summed E-state index contributed by atoms with van der Waals surface area (Å²) in [5, 5.41) is 9.74. The zero-order chi connectivity index (χ0) is 19.5. The van der Waals surface area contributed by atoms with Gasteiger partial charge in [0.2, 0.25) is 11.8 Å². The SMILES string of the molecule is O=C1CCC(Nc2ccc(N3CCC(C4CCNCC4)CC3)c(Cl)c2)C(=O)N1. The van der Waals surface area contributed by atoms with E-state index < -0.39 is 0 Å². The number of imide groups is 1. The van der Waals surface area contributed by atoms with Gasteiger partial charge < -0.3 is 15.5 Å². The third-order valence-corrected chi connectivity index (χ3v) is 6.76. The molecule has 0 radical (unpaired) electrons. The van der Waals surface area contributed by atoms with Gasteiger partial charge >= 0.3 is 0 Å². The first-order valence-corrected chi connectivity index (χ1v) is 10.8. The van der Waals surface area contributed by atoms with Gasteiger partial charge in [-0.3, -0.25) is 14.9 Å². The van der Waals surface area contributed by atoms with Crippen LogP contribution in [0.15, 0.2) is 18.2 Å². The van der Waals surface area contributed by atoms with E-state index in [2.05, 4.69) is 20.9 Å². The van der Waals surface area contributed by atoms with Crippen LogP contribution in [-0.4, -0.2) is 44.0 Å². The van der Waals surface area contributed by atoms with Crippen LogP contribution < -0.4 is 20.9 Å². The number of halogens is 1. The normalized spacial score (nSPS) is 24.9. The van der Waals surface area contributed by atoms with Gasteiger partial charge in [-0.15, -0.1) is 0 Å². The first-order valence-electron chi connectivity index (χ1n) is 10.5. The van der Waals surface area contributed by atoms with Gasteiger partial charge in [0.15, 0.2) is 0 Å². The summed E-state index contributed by atoms with van der Waals surface area (Å²) in [6, 6.07) is 5.52. The van der Waals surface area contributed by atoms with Crippen LogP contribution in [0, 0.1) is 11.8 Å². The summed E-state index contributed by atoms with van der Waals surface area (Å²) in [7, 11) is 0. The molecular formula is C21H29ClN4O2. The zero-order valence-electron chi connectivity index (χ0n) is 16.2. The number of benzene rings is 1. The predicted molar refractivity (Wildman–Crippen MR) is 112 cm³/mol. The van der Waals surface area contributed by atoms with Crippen molar-refractivity contribution in [2.24, 2.45) is 11.8 Å². The number of hydrogen-bond donors (Lipinski definition) is 3. The van der Waals surface area contributed by atoms with Crippen molar-refractivity contribution in [2.75, 3.05) is 36.4 Å². The number of carbonyl (C=O) groups is 2. The molecule has 3 heterocycles. The Morgan fingerprint density at radius 3 is 2.39 bits per heavy atom. The van der Waals surface area contributed by atoms with E-state index in [4.69, 9.17) is 11.6 Å². The second kappa shape index (κ2) is 8.70. The van der Waals surface area contributed by atoms with Crippen LogP contribution in [0.4, 0.5) is 11.4 Å². The molecule has 3 aliphatic rings. The molecule has 28 heavy (non-hydrogen) atoms. The fourth-order valence-corrected chi connectivity index (χ4v) is 5.11. The molecular weight excluding hydrogens is 376 g/mol. The van der Waals surface area contributed by atoms with Gasteiger partial charge in [-0.05, 0) is 75.2 Å². The molecule has 0 saturated carbocycles. The lowest BCUT2D eigenvalue weighted by Crippen LogP contribution is -2.47. The number of rotatable bonds is 4. The summed E-state index contributed by atoms with van der Waals surface area (Å²) in [6.07, 6.45) is 5.96. The van der Waals surface area contributed by atoms with Crippen molar-refractivity contribution in [3.63, 3.8) is 0 Å². The molecule has 7 heteroatoms. The Hall–Kier alpha value is -1.79. The summed E-state index contributed by atoms with van der Waals surface area (Å²) in [4.78, 5) is 25.6. The molecule has 1 unspecified atom stereocenters. The molecule has 4 rings (SSSR count). The van der Waals surface area contributed by atoms with Gasteiger partial charge in [-0.1, -0.05) is 11.6 Å². The van der Waals surface area contributed by atoms with E-state index >= 15 is 0 Å². The Bertz CT molecular complexity index is 727. The number of anilines is 2. The monoisotopic (exact) mass is 404 g/mol. The lowest BCUT2D eigenvalue weighted by Gasteiger charge is -2.39. The summed E-state index contributed by atoms with van der Waals surface area (Å²) in [6.45, 7) is 4.43. The Balaban J connectivity index is 1.34. The summed E-state index contributed by atoms with van der Waals surface area (Å²) >= 11 is 6.58. The van der Waals surface area contributed by atoms with Crippen LogP contribution >= 0.6 is 11.6 Å². The number of carbonyl (C=O) groups excluding carboxylic acids is 2. The Morgan fingerprint density at radius 2 is 1.71 bits per heavy atom. The van der Waals surface area contributed by atoms with Gasteiger partial charge in [0, 0.05) is 25.2 Å². The van der Waals surface area contributed by atoms with Gasteiger partial charge in [-0.25, -0.2) is 0 Å². The zero-order valence-corrected chi connectivity index (χ0v) is 16.9. The smallest absolute Gasteiger partial charge is 0.249 e. The van der Waals surface area contributed by atoms with Gasteiger partial charge in [0.05, 0.1) is 10.7 Å². The minimum Gasteiger partial charge on any atom is -0.374 e. The molecule has 1 aromatic carbocycles. The Labute approximate surface area is 171 Å². The van der Waals surface area contributed by atoms with Crippen LogP contribution in [0.2, 0.25) is 5.02 Å². The summed E-state index contributed by atoms with van der Waals surface area (Å²) in [5.41, 5.74) is 1.88. The average Bonchev–Trinajstić information content (AvgIpc) is 2.71. The van der Waals surface area contributed by atoms with Crippen LogP contribution in [0.3, 0.4) is 0 Å². The van der Waals surface area contributed by atoms with E-state index in [1.54, 1.807) is 0 Å². The van der Waals surface area contributed by atoms with Crippen molar-refractivity contribution in [1.82, 2.24) is 10.6 Å². The van der Waals surface area contributed by atoms with Crippen molar-refractivity contribution in [2.45, 2.75) is 44.6 Å². The Morgan fingerprint density at radius 1 is 1.00 bits per heavy atom. The number of nitrogens with zero attached hydrogens (tertiary/aromatic N) is 1. The third-order valence-electron chi connectivity index (χ3n) is 6.46. The molecule has 152 valence electrons. The van der Waals surface area contributed by atoms with Crippen molar-refractivity contribution >= 4 is 34.8 Å². The first-order chi connectivity index (χ1) is 13.6. The molecule has 0 aromatic heterocycles. The minimum atomic E-state index is -0.389. The quantitative estimate of drug-likeness (QED) is 0.673. The lowest BCUT2D eigenvalue weighted by atomic mass is 9.79. The molecule has 3 N–H and O–H groups in total. The van der Waals surface area contributed by atoms with Gasteiger partial charge in [0.25, 0.3) is 0 Å². The molecule has 0 bridgehead atoms. The fourth-order valence-electron chi connectivity index (χ4n) is 4.81. The van der Waals surface area contributed by atoms with E-state index in [9.17, 15) is 9.59 Å². The fraction of sp³-hybridized carbons (Fsp3) is 0.619. The van der Waals surface area contributed by atoms with Crippen molar-refractivity contribution in [3.05, 3.63) is 23.2 Å². The largest absolute Gasteiger partial charge is 0.374 e. The first kappa shape index (κ1) is 19.5. The molecule has 0 spiro atoms. The standard InChI is InChI=1S/C21H29ClN4O2/c22-17-13-16(24-18-2-4-20(27)25-21(18)28)1-3-19(17)26-11-7-15(8-12-26)14-5-9-23-10-6-14/h1,3,13-15,18,23-24H,2,4-12H2,(H,25,27,28). The Kier molecular flexibility index (Phi) is 6.07. The second-order valence-electron chi connectivity index (χ2n) is 8.23. The molecule has 3 saturated heterocycles. The highest BCUT2D eigenvalue weighted by Crippen LogP contribution is 2.35. The molecule has 1 aromatic rings. The van der Waals surface area contributed by atoms with Crippen molar-refractivity contribution < 1.29 is 9.59 Å². The molecule has 0 aliphatic carbocycles. The molecule has 3 aliphatic heterocycles. The second-order valence-corrected chi connectivity index (χ2v) is 8.63. The van der Waals surface area contributed by atoms with Crippen LogP contribution in [-0.2, 0) is 9.59 Å². The molecule has 2 amide bonds. The maximum absolute atomic E-state index is 11.9. The number of amides is 2. The molecule has 6 nitrogen and oxygen atoms in total.